The molecule has 1 atom stereocenters. The number of halogens is 1. The number of sulfonamides is 1. The van der Waals surface area contributed by atoms with Gasteiger partial charge in [0.1, 0.15) is 0 Å². The van der Waals surface area contributed by atoms with Gasteiger partial charge in [-0.05, 0) is 44.0 Å². The van der Waals surface area contributed by atoms with Crippen LogP contribution in [-0.2, 0) is 14.8 Å². The molecule has 116 valence electrons. The van der Waals surface area contributed by atoms with Gasteiger partial charge < -0.3 is 4.90 Å². The Bertz CT molecular complexity index is 614. The summed E-state index contributed by atoms with van der Waals surface area (Å²) in [6.07, 6.45) is 0.390. The van der Waals surface area contributed by atoms with Crippen LogP contribution in [0.1, 0.15) is 20.3 Å². The fourth-order valence-electron chi connectivity index (χ4n) is 2.37. The fourth-order valence-corrected chi connectivity index (χ4v) is 3.61. The Morgan fingerprint density at radius 1 is 1.33 bits per heavy atom. The number of carbonyl (C=O) groups excluding carboxylic acids is 1. The molecule has 0 bridgehead atoms. The average molecular weight is 331 g/mol. The van der Waals surface area contributed by atoms with Crippen molar-refractivity contribution in [2.75, 3.05) is 13.1 Å². The lowest BCUT2D eigenvalue weighted by Crippen LogP contribution is -2.34. The van der Waals surface area contributed by atoms with Gasteiger partial charge in [-0.15, -0.1) is 0 Å². The third kappa shape index (κ3) is 3.96. The number of carbonyl (C=O) groups is 1. The smallest absolute Gasteiger partial charge is 0.240 e. The first-order valence-electron chi connectivity index (χ1n) is 6.84. The maximum atomic E-state index is 12.1. The molecule has 1 aromatic carbocycles. The van der Waals surface area contributed by atoms with Gasteiger partial charge in [0.05, 0.1) is 4.90 Å². The van der Waals surface area contributed by atoms with Crippen LogP contribution >= 0.6 is 11.6 Å². The number of nitrogens with zero attached hydrogens (tertiary/aromatic N) is 1. The number of amides is 1. The van der Waals surface area contributed by atoms with E-state index in [-0.39, 0.29) is 29.3 Å². The van der Waals surface area contributed by atoms with Crippen LogP contribution in [0.4, 0.5) is 0 Å². The van der Waals surface area contributed by atoms with Crippen molar-refractivity contribution < 1.29 is 13.2 Å². The molecule has 1 N–H and O–H groups in total. The van der Waals surface area contributed by atoms with Gasteiger partial charge in [0, 0.05) is 30.6 Å². The second-order valence-corrected chi connectivity index (χ2v) is 7.72. The summed E-state index contributed by atoms with van der Waals surface area (Å²) in [5.41, 5.74) is 0. The molecule has 0 saturated carbocycles. The number of rotatable bonds is 5. The molecule has 1 aliphatic rings. The Kier molecular flexibility index (Phi) is 4.91. The highest BCUT2D eigenvalue weighted by molar-refractivity contribution is 7.89. The summed E-state index contributed by atoms with van der Waals surface area (Å²) in [6.45, 7) is 4.77. The first kappa shape index (κ1) is 16.3. The van der Waals surface area contributed by atoms with E-state index < -0.39 is 10.0 Å². The van der Waals surface area contributed by atoms with Crippen LogP contribution in [0.3, 0.4) is 0 Å². The molecule has 21 heavy (non-hydrogen) atoms. The Balaban J connectivity index is 1.97. The van der Waals surface area contributed by atoms with Gasteiger partial charge in [0.25, 0.3) is 0 Å². The maximum Gasteiger partial charge on any atom is 0.240 e. The minimum atomic E-state index is -3.56. The van der Waals surface area contributed by atoms with Gasteiger partial charge in [-0.1, -0.05) is 11.6 Å². The number of hydrogen-bond donors (Lipinski definition) is 1. The molecule has 5 nitrogen and oxygen atoms in total. The molecule has 0 aliphatic carbocycles. The largest absolute Gasteiger partial charge is 0.340 e. The van der Waals surface area contributed by atoms with Crippen LogP contribution < -0.4 is 4.72 Å². The summed E-state index contributed by atoms with van der Waals surface area (Å²) in [5.74, 6) is 0.0997. The maximum absolute atomic E-state index is 12.1. The van der Waals surface area contributed by atoms with Crippen molar-refractivity contribution in [1.29, 1.82) is 0 Å². The molecule has 1 aromatic rings. The second-order valence-electron chi connectivity index (χ2n) is 5.52. The average Bonchev–Trinajstić information content (AvgIpc) is 2.79. The van der Waals surface area contributed by atoms with Crippen molar-refractivity contribution in [3.63, 3.8) is 0 Å². The zero-order valence-corrected chi connectivity index (χ0v) is 13.6. The highest BCUT2D eigenvalue weighted by Crippen LogP contribution is 2.20. The van der Waals surface area contributed by atoms with Gasteiger partial charge in [0.2, 0.25) is 15.9 Å². The molecule has 1 aliphatic heterocycles. The summed E-state index contributed by atoms with van der Waals surface area (Å²) < 4.78 is 26.9. The van der Waals surface area contributed by atoms with Gasteiger partial charge in [-0.3, -0.25) is 4.79 Å². The number of nitrogens with one attached hydrogen (secondary N) is 1. The molecule has 0 spiro atoms. The summed E-state index contributed by atoms with van der Waals surface area (Å²) in [4.78, 5) is 13.7. The monoisotopic (exact) mass is 330 g/mol. The third-order valence-corrected chi connectivity index (χ3v) is 5.24. The summed E-state index contributed by atoms with van der Waals surface area (Å²) in [6, 6.07) is 6.15. The van der Waals surface area contributed by atoms with Crippen LogP contribution in [0.2, 0.25) is 5.02 Å². The number of likely N-dealkylation sites (tertiary alicyclic amines) is 1. The normalized spacial score (nSPS) is 19.5. The SMILES string of the molecule is CC(C)N1CC(CNS(=O)(=O)c2ccc(Cl)cc2)CC1=O. The van der Waals surface area contributed by atoms with Crippen LogP contribution in [-0.4, -0.2) is 38.4 Å². The van der Waals surface area contributed by atoms with E-state index in [0.717, 1.165) is 0 Å². The predicted octanol–water partition coefficient (Wildman–Crippen LogP) is 1.88. The highest BCUT2D eigenvalue weighted by Gasteiger charge is 2.31. The molecule has 2 rings (SSSR count). The molecular formula is C14H19ClN2O3S. The van der Waals surface area contributed by atoms with Gasteiger partial charge in [-0.2, -0.15) is 0 Å². The quantitative estimate of drug-likeness (QED) is 0.896. The molecule has 1 unspecified atom stereocenters. The number of benzene rings is 1. The third-order valence-electron chi connectivity index (χ3n) is 3.55. The first-order valence-corrected chi connectivity index (χ1v) is 8.70. The van der Waals surface area contributed by atoms with Crippen LogP contribution in [0.15, 0.2) is 29.2 Å². The van der Waals surface area contributed by atoms with Crippen molar-refractivity contribution in [2.45, 2.75) is 31.2 Å². The van der Waals surface area contributed by atoms with Gasteiger partial charge in [0.15, 0.2) is 0 Å². The first-order chi connectivity index (χ1) is 9.79. The molecule has 1 heterocycles. The lowest BCUT2D eigenvalue weighted by atomic mass is 10.1. The summed E-state index contributed by atoms with van der Waals surface area (Å²) >= 11 is 5.75. The molecule has 0 radical (unpaired) electrons. The van der Waals surface area contributed by atoms with Gasteiger partial charge >= 0.3 is 0 Å². The standard InChI is InChI=1S/C14H19ClN2O3S/c1-10(2)17-9-11(7-14(17)18)8-16-21(19,20)13-5-3-12(15)4-6-13/h3-6,10-11,16H,7-9H2,1-2H3. The van der Waals surface area contributed by atoms with Crippen LogP contribution in [0, 0.1) is 5.92 Å². The van der Waals surface area contributed by atoms with E-state index in [4.69, 9.17) is 11.6 Å². The zero-order valence-electron chi connectivity index (χ0n) is 12.0. The molecule has 1 amide bonds. The topological polar surface area (TPSA) is 66.5 Å². The van der Waals surface area contributed by atoms with Gasteiger partial charge in [-0.25, -0.2) is 13.1 Å². The lowest BCUT2D eigenvalue weighted by Gasteiger charge is -2.21. The minimum Gasteiger partial charge on any atom is -0.340 e. The Labute approximate surface area is 130 Å². The van der Waals surface area contributed by atoms with Crippen molar-refractivity contribution in [1.82, 2.24) is 9.62 Å². The highest BCUT2D eigenvalue weighted by atomic mass is 35.5. The summed E-state index contributed by atoms with van der Waals surface area (Å²) in [7, 11) is -3.56. The van der Waals surface area contributed by atoms with E-state index in [9.17, 15) is 13.2 Å². The van der Waals surface area contributed by atoms with E-state index in [2.05, 4.69) is 4.72 Å². The molecular weight excluding hydrogens is 312 g/mol. The fraction of sp³-hybridized carbons (Fsp3) is 0.500. The number of hydrogen-bond acceptors (Lipinski definition) is 3. The zero-order chi connectivity index (χ0) is 15.6. The summed E-state index contributed by atoms with van der Waals surface area (Å²) in [5, 5.41) is 0.489. The second kappa shape index (κ2) is 6.34. The van der Waals surface area contributed by atoms with Crippen molar-refractivity contribution in [2.24, 2.45) is 5.92 Å². The van der Waals surface area contributed by atoms with Crippen molar-refractivity contribution >= 4 is 27.5 Å². The predicted molar refractivity (Wildman–Crippen MR) is 81.6 cm³/mol. The van der Waals surface area contributed by atoms with Crippen molar-refractivity contribution in [3.8, 4) is 0 Å². The molecule has 7 heteroatoms. The molecule has 0 aromatic heterocycles. The molecule has 1 fully saturated rings. The van der Waals surface area contributed by atoms with E-state index in [1.54, 1.807) is 4.90 Å². The Morgan fingerprint density at radius 3 is 2.48 bits per heavy atom. The Morgan fingerprint density at radius 2 is 1.95 bits per heavy atom. The molecule has 1 saturated heterocycles. The van der Waals surface area contributed by atoms with E-state index in [1.165, 1.54) is 24.3 Å². The Hall–Kier alpha value is -1.11. The lowest BCUT2D eigenvalue weighted by molar-refractivity contribution is -0.129. The van der Waals surface area contributed by atoms with E-state index >= 15 is 0 Å². The van der Waals surface area contributed by atoms with Crippen molar-refractivity contribution in [3.05, 3.63) is 29.3 Å². The van der Waals surface area contributed by atoms with Crippen LogP contribution in [0.5, 0.6) is 0 Å². The van der Waals surface area contributed by atoms with E-state index in [1.807, 2.05) is 13.8 Å². The van der Waals surface area contributed by atoms with E-state index in [0.29, 0.717) is 18.0 Å². The minimum absolute atomic E-state index is 0.0157. The van der Waals surface area contributed by atoms with Crippen LogP contribution in [0.25, 0.3) is 0 Å².